The molecule has 1 aliphatic heterocycles. The number of hydrogen-bond acceptors (Lipinski definition) is 6. The number of H-pyrrole nitrogens is 2. The van der Waals surface area contributed by atoms with E-state index in [1.807, 2.05) is 0 Å². The maximum atomic E-state index is 12.6. The highest BCUT2D eigenvalue weighted by Gasteiger charge is 2.34. The second-order valence-corrected chi connectivity index (χ2v) is 7.30. The summed E-state index contributed by atoms with van der Waals surface area (Å²) in [7, 11) is 0. The van der Waals surface area contributed by atoms with Crippen molar-refractivity contribution in [2.45, 2.75) is 5.92 Å². The monoisotopic (exact) mass is 464 g/mol. The Morgan fingerprint density at radius 3 is 2.57 bits per heavy atom. The van der Waals surface area contributed by atoms with Crippen molar-refractivity contribution in [1.82, 2.24) is 9.97 Å². The van der Waals surface area contributed by atoms with E-state index in [2.05, 4.69) is 37.0 Å². The number of aliphatic imine (C=N–C) groups is 1. The molecular formula is C21H13BrN4O4. The summed E-state index contributed by atoms with van der Waals surface area (Å²) in [5.41, 5.74) is -0.136. The average molecular weight is 465 g/mol. The second-order valence-electron chi connectivity index (χ2n) is 6.39. The van der Waals surface area contributed by atoms with Gasteiger partial charge in [-0.25, -0.2) is 9.79 Å². The highest BCUT2D eigenvalue weighted by Crippen LogP contribution is 2.40. The lowest BCUT2D eigenvalue weighted by atomic mass is 9.85. The van der Waals surface area contributed by atoms with Crippen molar-refractivity contribution in [2.75, 3.05) is 0 Å². The second kappa shape index (κ2) is 7.85. The molecule has 30 heavy (non-hydrogen) atoms. The molecule has 2 aromatic carbocycles. The van der Waals surface area contributed by atoms with E-state index in [-0.39, 0.29) is 28.6 Å². The van der Waals surface area contributed by atoms with Crippen molar-refractivity contribution in [2.24, 2.45) is 4.99 Å². The van der Waals surface area contributed by atoms with Crippen molar-refractivity contribution in [3.8, 4) is 17.7 Å². The Kier molecular flexibility index (Phi) is 5.08. The number of rotatable bonds is 3. The third-order valence-corrected chi connectivity index (χ3v) is 5.06. The van der Waals surface area contributed by atoms with Gasteiger partial charge < -0.3 is 9.84 Å². The van der Waals surface area contributed by atoms with Gasteiger partial charge in [-0.15, -0.1) is 0 Å². The largest absolute Gasteiger partial charge is 0.507 e. The van der Waals surface area contributed by atoms with Crippen molar-refractivity contribution in [1.29, 1.82) is 5.26 Å². The lowest BCUT2D eigenvalue weighted by Crippen LogP contribution is -2.31. The molecule has 0 saturated heterocycles. The predicted molar refractivity (Wildman–Crippen MR) is 113 cm³/mol. The zero-order valence-corrected chi connectivity index (χ0v) is 16.8. The fraction of sp³-hybridized carbons (Fsp3) is 0.0476. The summed E-state index contributed by atoms with van der Waals surface area (Å²) in [6.07, 6.45) is 1.34. The van der Waals surface area contributed by atoms with E-state index in [1.165, 1.54) is 12.3 Å². The third kappa shape index (κ3) is 3.56. The molecule has 1 atom stereocenters. The van der Waals surface area contributed by atoms with Crippen molar-refractivity contribution >= 4 is 22.1 Å². The molecule has 3 N–H and O–H groups in total. The molecule has 0 spiro atoms. The van der Waals surface area contributed by atoms with E-state index in [1.54, 1.807) is 42.5 Å². The minimum Gasteiger partial charge on any atom is -0.507 e. The Labute approximate surface area is 178 Å². The highest BCUT2D eigenvalue weighted by atomic mass is 79.9. The number of halogens is 1. The normalized spacial score (nSPS) is 15.5. The number of aromatic amines is 2. The average Bonchev–Trinajstić information content (AvgIpc) is 2.72. The molecule has 9 heteroatoms. The smallest absolute Gasteiger partial charge is 0.328 e. The van der Waals surface area contributed by atoms with Gasteiger partial charge in [0.15, 0.2) is 0 Å². The van der Waals surface area contributed by atoms with E-state index in [9.17, 15) is 20.0 Å². The molecule has 1 aliphatic rings. The Morgan fingerprint density at radius 2 is 1.87 bits per heavy atom. The highest BCUT2D eigenvalue weighted by molar-refractivity contribution is 9.10. The first-order valence-corrected chi connectivity index (χ1v) is 9.53. The van der Waals surface area contributed by atoms with Gasteiger partial charge in [0.25, 0.3) is 5.56 Å². The van der Waals surface area contributed by atoms with Gasteiger partial charge in [0.05, 0.1) is 11.5 Å². The summed E-state index contributed by atoms with van der Waals surface area (Å²) in [5, 5.41) is 19.8. The van der Waals surface area contributed by atoms with Crippen LogP contribution >= 0.6 is 15.9 Å². The maximum Gasteiger partial charge on any atom is 0.328 e. The first kappa shape index (κ1) is 19.4. The number of fused-ring (bicyclic) bond motifs is 1. The third-order valence-electron chi connectivity index (χ3n) is 4.53. The Balaban J connectivity index is 1.92. The summed E-state index contributed by atoms with van der Waals surface area (Å²) < 4.78 is 6.45. The van der Waals surface area contributed by atoms with Gasteiger partial charge in [0.2, 0.25) is 11.8 Å². The molecule has 148 valence electrons. The first-order chi connectivity index (χ1) is 14.5. The van der Waals surface area contributed by atoms with Crippen LogP contribution in [0.1, 0.15) is 22.6 Å². The first-order valence-electron chi connectivity index (χ1n) is 8.74. The van der Waals surface area contributed by atoms with E-state index in [0.29, 0.717) is 11.1 Å². The molecule has 0 fully saturated rings. The van der Waals surface area contributed by atoms with Crippen LogP contribution in [0.2, 0.25) is 0 Å². The van der Waals surface area contributed by atoms with E-state index in [4.69, 9.17) is 4.74 Å². The fourth-order valence-corrected chi connectivity index (χ4v) is 3.42. The zero-order chi connectivity index (χ0) is 21.3. The minimum atomic E-state index is -0.802. The number of phenolic OH excluding ortho intramolecular Hbond substituents is 1. The van der Waals surface area contributed by atoms with Gasteiger partial charge >= 0.3 is 5.69 Å². The van der Waals surface area contributed by atoms with E-state index >= 15 is 0 Å². The molecule has 0 radical (unpaired) electrons. The molecular weight excluding hydrogens is 452 g/mol. The molecule has 3 aromatic rings. The molecule has 1 aromatic heterocycles. The SMILES string of the molecule is N#CC1=C(/N=C/c2ccccc2O)Oc2[nH]c(=O)[nH]c(=O)c2C1c1ccc(Br)cc1. The topological polar surface area (TPSA) is 131 Å². The number of hydrogen-bond donors (Lipinski definition) is 3. The van der Waals surface area contributed by atoms with Crippen LogP contribution in [0.25, 0.3) is 0 Å². The van der Waals surface area contributed by atoms with Crippen LogP contribution in [-0.4, -0.2) is 21.3 Å². The number of nitrogens with zero attached hydrogens (tertiary/aromatic N) is 2. The molecule has 0 saturated carbocycles. The number of aromatic nitrogens is 2. The number of allylic oxidation sites excluding steroid dienone is 1. The lowest BCUT2D eigenvalue weighted by Gasteiger charge is -2.24. The number of para-hydroxylation sites is 1. The summed E-state index contributed by atoms with van der Waals surface area (Å²) in [5.74, 6) is -0.961. The Hall–Kier alpha value is -3.90. The Morgan fingerprint density at radius 1 is 1.13 bits per heavy atom. The van der Waals surface area contributed by atoms with E-state index in [0.717, 1.165) is 4.47 Å². The number of nitrogens with one attached hydrogen (secondary N) is 2. The van der Waals surface area contributed by atoms with Crippen LogP contribution in [0.15, 0.2) is 79.0 Å². The van der Waals surface area contributed by atoms with Gasteiger partial charge in [0, 0.05) is 16.3 Å². The summed E-state index contributed by atoms with van der Waals surface area (Å²) >= 11 is 3.36. The van der Waals surface area contributed by atoms with Crippen LogP contribution < -0.4 is 16.0 Å². The van der Waals surface area contributed by atoms with E-state index < -0.39 is 17.2 Å². The van der Waals surface area contributed by atoms with Crippen LogP contribution in [0, 0.1) is 11.3 Å². The van der Waals surface area contributed by atoms with Gasteiger partial charge in [0.1, 0.15) is 17.4 Å². The summed E-state index contributed by atoms with van der Waals surface area (Å²) in [6, 6.07) is 15.7. The van der Waals surface area contributed by atoms with Gasteiger partial charge in [-0.1, -0.05) is 40.2 Å². The van der Waals surface area contributed by atoms with Crippen LogP contribution in [0.4, 0.5) is 0 Å². The van der Waals surface area contributed by atoms with Crippen molar-refractivity contribution in [3.05, 3.63) is 102 Å². The predicted octanol–water partition coefficient (Wildman–Crippen LogP) is 2.91. The number of ether oxygens (including phenoxy) is 1. The van der Waals surface area contributed by atoms with Gasteiger partial charge in [-0.3, -0.25) is 14.8 Å². The van der Waals surface area contributed by atoms with Crippen molar-refractivity contribution < 1.29 is 9.84 Å². The molecule has 8 nitrogen and oxygen atoms in total. The molecule has 0 amide bonds. The Bertz CT molecular complexity index is 1350. The molecule has 4 rings (SSSR count). The minimum absolute atomic E-state index is 0.00544. The molecule has 2 heterocycles. The zero-order valence-electron chi connectivity index (χ0n) is 15.2. The number of phenols is 1. The van der Waals surface area contributed by atoms with Crippen LogP contribution in [-0.2, 0) is 0 Å². The standard InChI is InChI=1S/C21H13BrN4O4/c22-13-7-5-11(6-8-13)16-14(9-23)19(24-10-12-3-1-2-4-15(12)27)30-20-17(16)18(28)25-21(29)26-20/h1-8,10,16,27H,(H2,25,26,28,29)/b24-10+. The number of nitriles is 1. The van der Waals surface area contributed by atoms with Gasteiger partial charge in [-0.05, 0) is 29.8 Å². The van der Waals surface area contributed by atoms with Crippen molar-refractivity contribution in [3.63, 3.8) is 0 Å². The van der Waals surface area contributed by atoms with Gasteiger partial charge in [-0.2, -0.15) is 5.26 Å². The number of aromatic hydroxyl groups is 1. The fourth-order valence-electron chi connectivity index (χ4n) is 3.16. The summed E-state index contributed by atoms with van der Waals surface area (Å²) in [6.45, 7) is 0. The molecule has 1 unspecified atom stereocenters. The summed E-state index contributed by atoms with van der Waals surface area (Å²) in [4.78, 5) is 33.2. The molecule has 0 aliphatic carbocycles. The van der Waals surface area contributed by atoms with Crippen LogP contribution in [0.5, 0.6) is 11.6 Å². The lowest BCUT2D eigenvalue weighted by molar-refractivity contribution is 0.375. The maximum absolute atomic E-state index is 12.6. The van der Waals surface area contributed by atoms with Crippen LogP contribution in [0.3, 0.4) is 0 Å². The quantitative estimate of drug-likeness (QED) is 0.512. The number of benzene rings is 2. The molecule has 0 bridgehead atoms.